The van der Waals surface area contributed by atoms with Crippen molar-refractivity contribution in [1.82, 2.24) is 10.1 Å². The summed E-state index contributed by atoms with van der Waals surface area (Å²) >= 11 is 0. The standard InChI is InChI=1S/C4H10N2O2.H2O3S/c7-5-1-2-6(8)4-3-5;1-4(2)3/h7-8H,1-4H2;4H,(H,1,2,3). The molecule has 1 aliphatic rings. The largest absolute Gasteiger partial charge is 0.314 e. The highest BCUT2D eigenvalue weighted by Crippen LogP contribution is 1.92. The predicted octanol–water partition coefficient (Wildman–Crippen LogP) is -1.55. The molecule has 0 radical (unpaired) electrons. The van der Waals surface area contributed by atoms with Gasteiger partial charge in [-0.15, -0.1) is 0 Å². The van der Waals surface area contributed by atoms with Crippen LogP contribution in [-0.4, -0.2) is 59.7 Å². The molecule has 0 aliphatic carbocycles. The van der Waals surface area contributed by atoms with Gasteiger partial charge < -0.3 is 10.4 Å². The lowest BCUT2D eigenvalue weighted by Crippen LogP contribution is -2.42. The Bertz CT molecular complexity index is 158. The third-order valence-electron chi connectivity index (χ3n) is 1.23. The molecule has 74 valence electrons. The van der Waals surface area contributed by atoms with E-state index in [1.807, 2.05) is 0 Å². The molecule has 3 N–H and O–H groups in total. The topological polar surface area (TPSA) is 101 Å². The second-order valence-corrected chi connectivity index (χ2v) is 2.62. The van der Waals surface area contributed by atoms with E-state index in [1.165, 1.54) is 10.1 Å². The van der Waals surface area contributed by atoms with E-state index < -0.39 is 11.0 Å². The zero-order valence-electron chi connectivity index (χ0n) is 6.33. The van der Waals surface area contributed by atoms with Crippen LogP contribution in [0.1, 0.15) is 0 Å². The molecule has 7 nitrogen and oxygen atoms in total. The first kappa shape index (κ1) is 11.8. The van der Waals surface area contributed by atoms with Crippen molar-refractivity contribution in [3.63, 3.8) is 0 Å². The fraction of sp³-hybridized carbons (Fsp3) is 1.00. The molecule has 1 heterocycles. The van der Waals surface area contributed by atoms with Gasteiger partial charge in [-0.25, -0.2) is 8.42 Å². The quantitative estimate of drug-likeness (QED) is 0.277. The molecule has 0 spiro atoms. The molecular weight excluding hydrogens is 188 g/mol. The lowest BCUT2D eigenvalue weighted by Gasteiger charge is -2.25. The molecule has 12 heavy (non-hydrogen) atoms. The number of hydrogen-bond donors (Lipinski definition) is 4. The molecule has 8 heteroatoms. The summed E-state index contributed by atoms with van der Waals surface area (Å²) in [6, 6.07) is 0. The maximum atomic E-state index is 8.72. The van der Waals surface area contributed by atoms with Crippen LogP contribution in [0.3, 0.4) is 0 Å². The lowest BCUT2D eigenvalue weighted by molar-refractivity contribution is -0.184. The first-order chi connectivity index (χ1) is 5.52. The van der Waals surface area contributed by atoms with Crippen molar-refractivity contribution in [2.45, 2.75) is 0 Å². The van der Waals surface area contributed by atoms with Crippen LogP contribution in [-0.2, 0) is 11.0 Å². The van der Waals surface area contributed by atoms with Crippen LogP contribution in [0.25, 0.3) is 0 Å². The Kier molecular flexibility index (Phi) is 6.16. The van der Waals surface area contributed by atoms with Gasteiger partial charge in [0.15, 0.2) is 0 Å². The Labute approximate surface area is 71.5 Å². The Balaban J connectivity index is 0.000000261. The Morgan fingerprint density at radius 1 is 0.917 bits per heavy atom. The van der Waals surface area contributed by atoms with Gasteiger partial charge in [0.05, 0.1) is 0 Å². The second-order valence-electron chi connectivity index (χ2n) is 2.15. The zero-order chi connectivity index (χ0) is 9.56. The molecule has 1 saturated heterocycles. The molecule has 1 fully saturated rings. The minimum Gasteiger partial charge on any atom is -0.314 e. The second kappa shape index (κ2) is 6.29. The van der Waals surface area contributed by atoms with Crippen LogP contribution < -0.4 is 0 Å². The summed E-state index contributed by atoms with van der Waals surface area (Å²) in [5, 5.41) is 19.8. The van der Waals surface area contributed by atoms with Crippen LogP contribution in [0.5, 0.6) is 0 Å². The highest BCUT2D eigenvalue weighted by molar-refractivity contribution is 7.66. The molecule has 0 aromatic rings. The lowest BCUT2D eigenvalue weighted by atomic mass is 10.4. The Hall–Kier alpha value is -0.250. The molecule has 1 aliphatic heterocycles. The van der Waals surface area contributed by atoms with Gasteiger partial charge in [-0.3, -0.25) is 4.55 Å². The van der Waals surface area contributed by atoms with Crippen molar-refractivity contribution in [2.24, 2.45) is 0 Å². The summed E-state index contributed by atoms with van der Waals surface area (Å²) in [5.41, 5.74) is 0. The highest BCUT2D eigenvalue weighted by Gasteiger charge is 2.11. The number of hydroxylamine groups is 4. The average Bonchev–Trinajstić information content (AvgIpc) is 1.94. The summed E-state index contributed by atoms with van der Waals surface area (Å²) in [5.74, 6) is 0. The molecule has 1 rings (SSSR count). The average molecular weight is 200 g/mol. The summed E-state index contributed by atoms with van der Waals surface area (Å²) in [4.78, 5) is 0. The van der Waals surface area contributed by atoms with Gasteiger partial charge in [0.1, 0.15) is 0 Å². The van der Waals surface area contributed by atoms with Crippen molar-refractivity contribution >= 4 is 11.0 Å². The van der Waals surface area contributed by atoms with Gasteiger partial charge in [-0.1, -0.05) is 0 Å². The van der Waals surface area contributed by atoms with Crippen LogP contribution in [0.15, 0.2) is 0 Å². The van der Waals surface area contributed by atoms with Crippen LogP contribution in [0.4, 0.5) is 0 Å². The van der Waals surface area contributed by atoms with E-state index in [9.17, 15) is 0 Å². The first-order valence-electron chi connectivity index (χ1n) is 3.23. The third-order valence-corrected chi connectivity index (χ3v) is 1.23. The minimum absolute atomic E-state index is 0.538. The molecule has 0 unspecified atom stereocenters. The molecular formula is C4H12N2O5S. The Morgan fingerprint density at radius 2 is 1.08 bits per heavy atom. The molecule has 0 bridgehead atoms. The third kappa shape index (κ3) is 7.85. The highest BCUT2D eigenvalue weighted by atomic mass is 32.2. The minimum atomic E-state index is -3.12. The summed E-state index contributed by atoms with van der Waals surface area (Å²) in [6.07, 6.45) is 0. The summed E-state index contributed by atoms with van der Waals surface area (Å²) in [7, 11) is -3.12. The molecule has 0 atom stereocenters. The maximum absolute atomic E-state index is 8.72. The fourth-order valence-corrected chi connectivity index (χ4v) is 0.685. The SMILES string of the molecule is O=[SH](=O)O.ON1CCN(O)CC1. The van der Waals surface area contributed by atoms with Gasteiger partial charge >= 0.3 is 0 Å². The predicted molar refractivity (Wildman–Crippen MR) is 39.7 cm³/mol. The van der Waals surface area contributed by atoms with Crippen molar-refractivity contribution < 1.29 is 23.4 Å². The first-order valence-corrected chi connectivity index (χ1v) is 4.36. The van der Waals surface area contributed by atoms with Crippen molar-refractivity contribution in [2.75, 3.05) is 26.2 Å². The van der Waals surface area contributed by atoms with E-state index >= 15 is 0 Å². The number of thiol groups is 1. The maximum Gasteiger partial charge on any atom is 0.254 e. The van der Waals surface area contributed by atoms with Crippen LogP contribution in [0.2, 0.25) is 0 Å². The van der Waals surface area contributed by atoms with E-state index in [0.29, 0.717) is 26.2 Å². The smallest absolute Gasteiger partial charge is 0.254 e. The molecule has 0 amide bonds. The van der Waals surface area contributed by atoms with Gasteiger partial charge in [-0.05, 0) is 0 Å². The van der Waals surface area contributed by atoms with Crippen molar-refractivity contribution in [3.8, 4) is 0 Å². The van der Waals surface area contributed by atoms with E-state index in [2.05, 4.69) is 0 Å². The van der Waals surface area contributed by atoms with E-state index in [-0.39, 0.29) is 0 Å². The molecule has 0 aromatic carbocycles. The van der Waals surface area contributed by atoms with Gasteiger partial charge in [0.25, 0.3) is 11.0 Å². The van der Waals surface area contributed by atoms with Crippen LogP contribution >= 0.6 is 0 Å². The Morgan fingerprint density at radius 3 is 1.25 bits per heavy atom. The van der Waals surface area contributed by atoms with Crippen molar-refractivity contribution in [3.05, 3.63) is 0 Å². The summed E-state index contributed by atoms with van der Waals surface area (Å²) < 4.78 is 24.2. The molecule has 0 saturated carbocycles. The van der Waals surface area contributed by atoms with Gasteiger partial charge in [-0.2, -0.15) is 10.1 Å². The number of piperazine rings is 1. The van der Waals surface area contributed by atoms with E-state index in [0.717, 1.165) is 0 Å². The van der Waals surface area contributed by atoms with Gasteiger partial charge in [0, 0.05) is 26.2 Å². The molecule has 0 aromatic heterocycles. The van der Waals surface area contributed by atoms with Crippen LogP contribution in [0, 0.1) is 0 Å². The van der Waals surface area contributed by atoms with Crippen molar-refractivity contribution in [1.29, 1.82) is 0 Å². The van der Waals surface area contributed by atoms with Gasteiger partial charge in [0.2, 0.25) is 0 Å². The fourth-order valence-electron chi connectivity index (χ4n) is 0.685. The zero-order valence-corrected chi connectivity index (χ0v) is 7.22. The van der Waals surface area contributed by atoms with E-state index in [1.54, 1.807) is 0 Å². The summed E-state index contributed by atoms with van der Waals surface area (Å²) in [6.45, 7) is 2.15. The number of hydrogen-bond acceptors (Lipinski definition) is 6. The van der Waals surface area contributed by atoms with E-state index in [4.69, 9.17) is 23.4 Å². The monoisotopic (exact) mass is 200 g/mol. The number of rotatable bonds is 0. The number of nitrogens with zero attached hydrogens (tertiary/aromatic N) is 2. The normalized spacial score (nSPS) is 20.3.